The lowest BCUT2D eigenvalue weighted by molar-refractivity contribution is -0.402. The van der Waals surface area contributed by atoms with Gasteiger partial charge in [0, 0.05) is 22.5 Å². The molecule has 0 heterocycles. The van der Waals surface area contributed by atoms with Crippen molar-refractivity contribution in [3.8, 4) is 0 Å². The second-order valence-electron chi connectivity index (χ2n) is 4.48. The summed E-state index contributed by atoms with van der Waals surface area (Å²) < 4.78 is 12.7. The highest BCUT2D eigenvalue weighted by Gasteiger charge is 2.20. The number of hydrogen-bond donors (Lipinski definition) is 0. The van der Waals surface area contributed by atoms with Crippen LogP contribution in [-0.2, 0) is 22.7 Å². The Morgan fingerprint density at radius 2 is 1.59 bits per heavy atom. The molecule has 4 nitrogen and oxygen atoms in total. The van der Waals surface area contributed by atoms with Crippen molar-refractivity contribution in [2.24, 2.45) is 0 Å². The van der Waals surface area contributed by atoms with Crippen LogP contribution < -0.4 is 0 Å². The molecule has 2 aromatic rings. The monoisotopic (exact) mass is 333 g/mol. The highest BCUT2D eigenvalue weighted by molar-refractivity contribution is 8.18. The molecule has 0 aromatic heterocycles. The van der Waals surface area contributed by atoms with Gasteiger partial charge >= 0.3 is 0 Å². The average Bonchev–Trinajstić information content (AvgIpc) is 2.53. The van der Waals surface area contributed by atoms with Crippen LogP contribution in [0.25, 0.3) is 0 Å². The van der Waals surface area contributed by atoms with Crippen molar-refractivity contribution in [2.75, 3.05) is 0 Å². The molecule has 0 spiro atoms. The van der Waals surface area contributed by atoms with Crippen molar-refractivity contribution in [3.63, 3.8) is 0 Å². The highest BCUT2D eigenvalue weighted by Crippen LogP contribution is 2.28. The first-order valence-electron chi connectivity index (χ1n) is 6.59. The van der Waals surface area contributed by atoms with Gasteiger partial charge in [-0.05, 0) is 5.56 Å². The molecule has 0 N–H and O–H groups in total. The Kier molecular flexibility index (Phi) is 6.51. The fourth-order valence-corrected chi connectivity index (χ4v) is 4.16. The standard InChI is InChI=1S/C16H15NO3S2/c18-17(19)11-16(21-12-14-7-3-1-4-8-14)22(20)13-15-9-5-2-6-10-15/h1-11H,12-13H2. The third kappa shape index (κ3) is 5.55. The minimum atomic E-state index is -1.42. The van der Waals surface area contributed by atoms with Crippen molar-refractivity contribution < 1.29 is 9.48 Å². The summed E-state index contributed by atoms with van der Waals surface area (Å²) in [5, 5.41) is 10.8. The summed E-state index contributed by atoms with van der Waals surface area (Å²) in [6.07, 6.45) is 0.854. The van der Waals surface area contributed by atoms with Gasteiger partial charge in [-0.25, -0.2) is 0 Å². The molecule has 6 heteroatoms. The van der Waals surface area contributed by atoms with E-state index in [9.17, 15) is 14.7 Å². The van der Waals surface area contributed by atoms with E-state index in [0.29, 0.717) is 5.75 Å². The first-order chi connectivity index (χ1) is 10.6. The fourth-order valence-electron chi connectivity index (χ4n) is 1.77. The van der Waals surface area contributed by atoms with E-state index in [1.54, 1.807) is 0 Å². The molecular weight excluding hydrogens is 318 g/mol. The van der Waals surface area contributed by atoms with E-state index >= 15 is 0 Å². The minimum absolute atomic E-state index is 0.280. The smallest absolute Gasteiger partial charge is 0.295 e. The molecule has 0 aliphatic carbocycles. The first kappa shape index (κ1) is 16.6. The van der Waals surface area contributed by atoms with Gasteiger partial charge in [-0.2, -0.15) is 0 Å². The third-order valence-electron chi connectivity index (χ3n) is 2.80. The molecule has 1 unspecified atom stereocenters. The maximum Gasteiger partial charge on any atom is 0.295 e. The largest absolute Gasteiger partial charge is 0.611 e. The first-order valence-corrected chi connectivity index (χ1v) is 8.90. The molecule has 0 saturated heterocycles. The molecule has 0 aliphatic rings. The van der Waals surface area contributed by atoms with Crippen LogP contribution in [0.1, 0.15) is 11.1 Å². The number of thioether (sulfide) groups is 1. The lowest BCUT2D eigenvalue weighted by atomic mass is 10.2. The Balaban J connectivity index is 2.04. The maximum absolute atomic E-state index is 12.4. The van der Waals surface area contributed by atoms with Crippen molar-refractivity contribution in [1.29, 1.82) is 0 Å². The zero-order valence-electron chi connectivity index (χ0n) is 11.8. The van der Waals surface area contributed by atoms with Gasteiger partial charge in [0.25, 0.3) is 10.4 Å². The number of hydrogen-bond acceptors (Lipinski definition) is 4. The molecule has 1 atom stereocenters. The van der Waals surface area contributed by atoms with Gasteiger partial charge in [-0.15, -0.1) is 0 Å². The van der Waals surface area contributed by atoms with Crippen LogP contribution in [0.4, 0.5) is 0 Å². The van der Waals surface area contributed by atoms with Crippen LogP contribution in [0.3, 0.4) is 0 Å². The molecule has 2 rings (SSSR count). The summed E-state index contributed by atoms with van der Waals surface area (Å²) in [4.78, 5) is 10.2. The van der Waals surface area contributed by atoms with E-state index in [2.05, 4.69) is 0 Å². The third-order valence-corrected chi connectivity index (χ3v) is 5.73. The lowest BCUT2D eigenvalue weighted by Crippen LogP contribution is -2.07. The molecular formula is C16H15NO3S2. The van der Waals surface area contributed by atoms with E-state index in [0.717, 1.165) is 17.3 Å². The molecule has 114 valence electrons. The van der Waals surface area contributed by atoms with Gasteiger partial charge in [-0.1, -0.05) is 72.4 Å². The molecule has 22 heavy (non-hydrogen) atoms. The molecule has 0 aliphatic heterocycles. The Labute approximate surface area is 136 Å². The summed E-state index contributed by atoms with van der Waals surface area (Å²) in [6, 6.07) is 18.9. The fraction of sp³-hybridized carbons (Fsp3) is 0.125. The minimum Gasteiger partial charge on any atom is -0.611 e. The Morgan fingerprint density at radius 3 is 2.14 bits per heavy atom. The van der Waals surface area contributed by atoms with Gasteiger partial charge in [-0.3, -0.25) is 10.1 Å². The summed E-state index contributed by atoms with van der Waals surface area (Å²) in [7, 11) is 0. The predicted molar refractivity (Wildman–Crippen MR) is 91.1 cm³/mol. The van der Waals surface area contributed by atoms with E-state index < -0.39 is 16.1 Å². The average molecular weight is 333 g/mol. The summed E-state index contributed by atoms with van der Waals surface area (Å²) in [5.41, 5.74) is 1.94. The van der Waals surface area contributed by atoms with Gasteiger partial charge in [0.15, 0.2) is 0 Å². The van der Waals surface area contributed by atoms with Gasteiger partial charge in [0.05, 0.1) is 4.92 Å². The van der Waals surface area contributed by atoms with E-state index in [1.807, 2.05) is 60.7 Å². The van der Waals surface area contributed by atoms with Crippen LogP contribution >= 0.6 is 11.8 Å². The van der Waals surface area contributed by atoms with E-state index in [1.165, 1.54) is 11.8 Å². The number of nitrogens with zero attached hydrogens (tertiary/aromatic N) is 1. The second-order valence-corrected chi connectivity index (χ2v) is 7.18. The Hall–Kier alpha value is -1.76. The molecule has 0 fully saturated rings. The van der Waals surface area contributed by atoms with E-state index in [4.69, 9.17) is 0 Å². The summed E-state index contributed by atoms with van der Waals surface area (Å²) in [6.45, 7) is 0. The van der Waals surface area contributed by atoms with E-state index in [-0.39, 0.29) is 9.99 Å². The molecule has 0 amide bonds. The van der Waals surface area contributed by atoms with Gasteiger partial charge < -0.3 is 4.55 Å². The van der Waals surface area contributed by atoms with Crippen molar-refractivity contribution in [1.82, 2.24) is 0 Å². The topological polar surface area (TPSA) is 66.2 Å². The van der Waals surface area contributed by atoms with Crippen LogP contribution in [0, 0.1) is 10.1 Å². The quantitative estimate of drug-likeness (QED) is 0.437. The number of benzene rings is 2. The molecule has 0 bridgehead atoms. The maximum atomic E-state index is 12.4. The number of rotatable bonds is 7. The predicted octanol–water partition coefficient (Wildman–Crippen LogP) is 3.94. The lowest BCUT2D eigenvalue weighted by Gasteiger charge is -2.11. The normalized spacial score (nSPS) is 12.9. The Bertz CT molecular complexity index is 632. The second kappa shape index (κ2) is 8.63. The molecule has 0 radical (unpaired) electrons. The zero-order chi connectivity index (χ0) is 15.8. The Morgan fingerprint density at radius 1 is 1.05 bits per heavy atom. The van der Waals surface area contributed by atoms with Gasteiger partial charge in [0.2, 0.25) is 0 Å². The van der Waals surface area contributed by atoms with Crippen molar-refractivity contribution in [2.45, 2.75) is 11.5 Å². The van der Waals surface area contributed by atoms with Crippen molar-refractivity contribution in [3.05, 3.63) is 92.3 Å². The van der Waals surface area contributed by atoms with Crippen LogP contribution in [0.15, 0.2) is 71.1 Å². The summed E-state index contributed by atoms with van der Waals surface area (Å²) in [5.74, 6) is 0.837. The van der Waals surface area contributed by atoms with Gasteiger partial charge in [0.1, 0.15) is 5.75 Å². The number of nitro groups is 1. The van der Waals surface area contributed by atoms with Crippen molar-refractivity contribution >= 4 is 22.9 Å². The van der Waals surface area contributed by atoms with Crippen LogP contribution in [0.2, 0.25) is 0 Å². The summed E-state index contributed by atoms with van der Waals surface area (Å²) >= 11 is -0.171. The van der Waals surface area contributed by atoms with Crippen LogP contribution in [0.5, 0.6) is 0 Å². The molecule has 0 saturated carbocycles. The SMILES string of the molecule is O=[N+]([O-])C=C(SCc1ccccc1)[S+]([O-])Cc1ccccc1. The zero-order valence-corrected chi connectivity index (χ0v) is 13.4. The highest BCUT2D eigenvalue weighted by atomic mass is 32.3. The molecule has 2 aromatic carbocycles. The van der Waals surface area contributed by atoms with Crippen LogP contribution in [-0.4, -0.2) is 9.48 Å².